The second kappa shape index (κ2) is 6.50. The standard InChI is InChI=1S/C19H19N3O3S/c23-19(25-14-7-12-10-24-11-13(8-14)20-12)16-9-22(18-5-6-26-21-18)17-4-2-1-3-15(16)17/h1-6,9,12-14,20H,7-8,10-11H2/t12-,13+,14-. The molecule has 2 fully saturated rings. The molecule has 2 aliphatic heterocycles. The molecule has 0 radical (unpaired) electrons. The highest BCUT2D eigenvalue weighted by molar-refractivity contribution is 7.03. The molecular weight excluding hydrogens is 350 g/mol. The first-order valence-electron chi connectivity index (χ1n) is 8.83. The summed E-state index contributed by atoms with van der Waals surface area (Å²) in [5.41, 5.74) is 1.55. The van der Waals surface area contributed by atoms with Crippen LogP contribution in [0.5, 0.6) is 0 Å². The first kappa shape index (κ1) is 16.0. The largest absolute Gasteiger partial charge is 0.459 e. The fourth-order valence-corrected chi connectivity index (χ4v) is 4.46. The Labute approximate surface area is 154 Å². The van der Waals surface area contributed by atoms with Crippen LogP contribution in [0, 0.1) is 0 Å². The summed E-state index contributed by atoms with van der Waals surface area (Å²) < 4.78 is 17.8. The lowest BCUT2D eigenvalue weighted by Gasteiger charge is -2.39. The Bertz CT molecular complexity index is 925. The highest BCUT2D eigenvalue weighted by Gasteiger charge is 2.34. The number of morpholine rings is 1. The number of aromatic nitrogens is 2. The SMILES string of the molecule is O=C(O[C@H]1C[C@H]2COC[C@@H](C1)N2)c1cn(-c2ccsn2)c2ccccc12. The number of carbonyl (C=O) groups is 1. The second-order valence-electron chi connectivity index (χ2n) is 6.88. The highest BCUT2D eigenvalue weighted by atomic mass is 32.1. The van der Waals surface area contributed by atoms with Gasteiger partial charge in [-0.25, -0.2) is 4.79 Å². The number of hydrogen-bond acceptors (Lipinski definition) is 6. The summed E-state index contributed by atoms with van der Waals surface area (Å²) in [5, 5.41) is 6.34. The van der Waals surface area contributed by atoms with Gasteiger partial charge in [0.15, 0.2) is 5.82 Å². The van der Waals surface area contributed by atoms with Crippen LogP contribution >= 0.6 is 11.5 Å². The predicted molar refractivity (Wildman–Crippen MR) is 98.9 cm³/mol. The van der Waals surface area contributed by atoms with Gasteiger partial charge in [-0.15, -0.1) is 0 Å². The lowest BCUT2D eigenvalue weighted by molar-refractivity contribution is -0.0339. The van der Waals surface area contributed by atoms with Gasteiger partial charge < -0.3 is 14.8 Å². The van der Waals surface area contributed by atoms with E-state index in [2.05, 4.69) is 9.69 Å². The molecule has 1 aromatic carbocycles. The van der Waals surface area contributed by atoms with E-state index < -0.39 is 0 Å². The zero-order valence-electron chi connectivity index (χ0n) is 14.1. The van der Waals surface area contributed by atoms with Crippen molar-refractivity contribution in [3.8, 4) is 5.82 Å². The molecular formula is C19H19N3O3S. The van der Waals surface area contributed by atoms with Crippen molar-refractivity contribution in [1.29, 1.82) is 0 Å². The molecule has 134 valence electrons. The van der Waals surface area contributed by atoms with Crippen LogP contribution < -0.4 is 5.32 Å². The van der Waals surface area contributed by atoms with E-state index in [9.17, 15) is 4.79 Å². The van der Waals surface area contributed by atoms with Crippen LogP contribution in [-0.2, 0) is 9.47 Å². The van der Waals surface area contributed by atoms with Crippen molar-refractivity contribution < 1.29 is 14.3 Å². The number of nitrogens with zero attached hydrogens (tertiary/aromatic N) is 2. The van der Waals surface area contributed by atoms with Gasteiger partial charge in [0.2, 0.25) is 0 Å². The molecule has 0 saturated carbocycles. The summed E-state index contributed by atoms with van der Waals surface area (Å²) in [4.78, 5) is 12.9. The number of ether oxygens (including phenoxy) is 2. The number of rotatable bonds is 3. The fourth-order valence-electron chi connectivity index (χ4n) is 3.96. The molecule has 26 heavy (non-hydrogen) atoms. The van der Waals surface area contributed by atoms with Crippen LogP contribution in [0.25, 0.3) is 16.7 Å². The van der Waals surface area contributed by atoms with Gasteiger partial charge in [0.05, 0.1) is 24.3 Å². The third-order valence-electron chi connectivity index (χ3n) is 5.08. The maximum absolute atomic E-state index is 12.9. The molecule has 3 atom stereocenters. The summed E-state index contributed by atoms with van der Waals surface area (Å²) in [5.74, 6) is 0.555. The Hall–Kier alpha value is -2.22. The van der Waals surface area contributed by atoms with Gasteiger partial charge in [0.25, 0.3) is 0 Å². The second-order valence-corrected chi connectivity index (χ2v) is 7.55. The van der Waals surface area contributed by atoms with Crippen molar-refractivity contribution in [1.82, 2.24) is 14.3 Å². The van der Waals surface area contributed by atoms with Crippen LogP contribution in [0.4, 0.5) is 0 Å². The molecule has 2 saturated heterocycles. The molecule has 0 unspecified atom stereocenters. The Morgan fingerprint density at radius 2 is 2.04 bits per heavy atom. The van der Waals surface area contributed by atoms with Crippen LogP contribution in [0.1, 0.15) is 23.2 Å². The summed E-state index contributed by atoms with van der Waals surface area (Å²) in [7, 11) is 0. The van der Waals surface area contributed by atoms with E-state index in [0.717, 1.165) is 29.6 Å². The van der Waals surface area contributed by atoms with Crippen LogP contribution in [0.15, 0.2) is 41.9 Å². The zero-order valence-corrected chi connectivity index (χ0v) is 14.9. The highest BCUT2D eigenvalue weighted by Crippen LogP contribution is 2.27. The maximum Gasteiger partial charge on any atom is 0.340 e. The van der Waals surface area contributed by atoms with E-state index in [1.54, 1.807) is 0 Å². The van der Waals surface area contributed by atoms with Crippen molar-refractivity contribution in [2.24, 2.45) is 0 Å². The number of para-hydroxylation sites is 1. The molecule has 2 aromatic heterocycles. The van der Waals surface area contributed by atoms with Crippen LogP contribution in [0.3, 0.4) is 0 Å². The number of esters is 1. The minimum atomic E-state index is -0.263. The maximum atomic E-state index is 12.9. The monoisotopic (exact) mass is 369 g/mol. The number of benzene rings is 1. The van der Waals surface area contributed by atoms with E-state index in [-0.39, 0.29) is 24.2 Å². The average Bonchev–Trinajstić information content (AvgIpc) is 3.29. The normalized spacial score (nSPS) is 25.3. The third kappa shape index (κ3) is 2.82. The Morgan fingerprint density at radius 1 is 1.23 bits per heavy atom. The van der Waals surface area contributed by atoms with Gasteiger partial charge in [-0.3, -0.25) is 4.57 Å². The van der Waals surface area contributed by atoms with E-state index in [0.29, 0.717) is 18.8 Å². The predicted octanol–water partition coefficient (Wildman–Crippen LogP) is 2.76. The zero-order chi connectivity index (χ0) is 17.5. The van der Waals surface area contributed by atoms with Crippen molar-refractivity contribution in [2.75, 3.05) is 13.2 Å². The molecule has 2 bridgehead atoms. The molecule has 0 amide bonds. The Morgan fingerprint density at radius 3 is 2.81 bits per heavy atom. The van der Waals surface area contributed by atoms with Crippen molar-refractivity contribution >= 4 is 28.4 Å². The van der Waals surface area contributed by atoms with Crippen molar-refractivity contribution in [2.45, 2.75) is 31.0 Å². The van der Waals surface area contributed by atoms with Gasteiger partial charge in [-0.05, 0) is 23.7 Å². The lowest BCUT2D eigenvalue weighted by atomic mass is 9.94. The molecule has 2 aliphatic rings. The first-order chi connectivity index (χ1) is 12.8. The van der Waals surface area contributed by atoms with Crippen LogP contribution in [0.2, 0.25) is 0 Å². The molecule has 3 aromatic rings. The topological polar surface area (TPSA) is 65.4 Å². The number of fused-ring (bicyclic) bond motifs is 3. The van der Waals surface area contributed by atoms with Crippen molar-refractivity contribution in [3.63, 3.8) is 0 Å². The summed E-state index contributed by atoms with van der Waals surface area (Å²) in [6.07, 6.45) is 3.37. The van der Waals surface area contributed by atoms with E-state index in [1.807, 2.05) is 46.5 Å². The molecule has 5 rings (SSSR count). The van der Waals surface area contributed by atoms with E-state index >= 15 is 0 Å². The smallest absolute Gasteiger partial charge is 0.340 e. The molecule has 4 heterocycles. The number of piperidine rings is 1. The lowest BCUT2D eigenvalue weighted by Crippen LogP contribution is -2.56. The van der Waals surface area contributed by atoms with E-state index in [1.165, 1.54) is 11.5 Å². The molecule has 0 spiro atoms. The minimum Gasteiger partial charge on any atom is -0.459 e. The molecule has 1 N–H and O–H groups in total. The summed E-state index contributed by atoms with van der Waals surface area (Å²) >= 11 is 1.39. The summed E-state index contributed by atoms with van der Waals surface area (Å²) in [6, 6.07) is 10.4. The first-order valence-corrected chi connectivity index (χ1v) is 9.67. The number of hydrogen-bond donors (Lipinski definition) is 1. The average molecular weight is 369 g/mol. The minimum absolute atomic E-state index is 0.0657. The van der Waals surface area contributed by atoms with E-state index in [4.69, 9.17) is 9.47 Å². The molecule has 6 nitrogen and oxygen atoms in total. The Balaban J connectivity index is 1.44. The van der Waals surface area contributed by atoms with Gasteiger partial charge in [-0.1, -0.05) is 18.2 Å². The third-order valence-corrected chi connectivity index (χ3v) is 5.63. The van der Waals surface area contributed by atoms with Crippen molar-refractivity contribution in [3.05, 3.63) is 47.5 Å². The number of carbonyl (C=O) groups excluding carboxylic acids is 1. The quantitative estimate of drug-likeness (QED) is 0.719. The van der Waals surface area contributed by atoms with Gasteiger partial charge in [0.1, 0.15) is 6.10 Å². The fraction of sp³-hybridized carbons (Fsp3) is 0.368. The number of nitrogens with one attached hydrogen (secondary N) is 1. The Kier molecular flexibility index (Phi) is 4.00. The molecule has 7 heteroatoms. The summed E-state index contributed by atoms with van der Waals surface area (Å²) in [6.45, 7) is 1.38. The van der Waals surface area contributed by atoms with Gasteiger partial charge in [0, 0.05) is 41.9 Å². The van der Waals surface area contributed by atoms with Gasteiger partial charge >= 0.3 is 5.97 Å². The van der Waals surface area contributed by atoms with Gasteiger partial charge in [-0.2, -0.15) is 4.37 Å². The van der Waals surface area contributed by atoms with Crippen LogP contribution in [-0.4, -0.2) is 46.3 Å². The molecule has 0 aliphatic carbocycles.